The fourth-order valence-corrected chi connectivity index (χ4v) is 4.02. The van der Waals surface area contributed by atoms with Crippen LogP contribution in [0, 0.1) is 0 Å². The summed E-state index contributed by atoms with van der Waals surface area (Å²) in [5, 5.41) is 6.77. The van der Waals surface area contributed by atoms with E-state index >= 15 is 0 Å². The minimum Gasteiger partial charge on any atom is -0.357 e. The Morgan fingerprint density at radius 2 is 1.83 bits per heavy atom. The summed E-state index contributed by atoms with van der Waals surface area (Å²) >= 11 is 0. The molecule has 1 aliphatic heterocycles. The van der Waals surface area contributed by atoms with Gasteiger partial charge < -0.3 is 15.5 Å². The van der Waals surface area contributed by atoms with Gasteiger partial charge in [0.25, 0.3) is 5.91 Å². The Kier molecular flexibility index (Phi) is 8.59. The van der Waals surface area contributed by atoms with Crippen molar-refractivity contribution in [2.24, 2.45) is 4.99 Å². The number of allylic oxidation sites excluding steroid dienone is 1. The van der Waals surface area contributed by atoms with Gasteiger partial charge in [0.15, 0.2) is 5.96 Å². The molecule has 5 nitrogen and oxygen atoms in total. The molecule has 1 heterocycles. The Morgan fingerprint density at radius 1 is 1.03 bits per heavy atom. The maximum Gasteiger partial charge on any atom is 0.253 e. The van der Waals surface area contributed by atoms with E-state index < -0.39 is 0 Å². The van der Waals surface area contributed by atoms with Crippen molar-refractivity contribution in [3.63, 3.8) is 0 Å². The number of hydrogen-bond donors (Lipinski definition) is 2. The lowest BCUT2D eigenvalue weighted by Crippen LogP contribution is -2.37. The van der Waals surface area contributed by atoms with Gasteiger partial charge in [-0.3, -0.25) is 4.79 Å². The lowest BCUT2D eigenvalue weighted by atomic mass is 9.97. The molecule has 1 aromatic carbocycles. The Balaban J connectivity index is 1.50. The van der Waals surface area contributed by atoms with Gasteiger partial charge in [0.05, 0.1) is 6.54 Å². The number of aliphatic imine (C=N–C) groups is 1. The number of guanidine groups is 1. The van der Waals surface area contributed by atoms with Crippen molar-refractivity contribution < 1.29 is 4.79 Å². The first-order chi connectivity index (χ1) is 14.3. The van der Waals surface area contributed by atoms with E-state index in [4.69, 9.17) is 4.99 Å². The minimum atomic E-state index is 0.159. The van der Waals surface area contributed by atoms with Gasteiger partial charge in [-0.2, -0.15) is 0 Å². The smallest absolute Gasteiger partial charge is 0.253 e. The third-order valence-corrected chi connectivity index (χ3v) is 5.73. The SMILES string of the molecule is CCNC(=NCc1ccc(C(=O)N2CCCCC2)cc1)NCCC1=CCCCC1. The second-order valence-electron chi connectivity index (χ2n) is 8.03. The van der Waals surface area contributed by atoms with E-state index in [2.05, 4.69) is 23.6 Å². The summed E-state index contributed by atoms with van der Waals surface area (Å²) in [4.78, 5) is 19.3. The molecular weight excluding hydrogens is 360 g/mol. The lowest BCUT2D eigenvalue weighted by molar-refractivity contribution is 0.0724. The van der Waals surface area contributed by atoms with Crippen LogP contribution in [0.1, 0.15) is 74.2 Å². The lowest BCUT2D eigenvalue weighted by Gasteiger charge is -2.26. The molecule has 0 spiro atoms. The van der Waals surface area contributed by atoms with Crippen LogP contribution in [0.15, 0.2) is 40.9 Å². The quantitative estimate of drug-likeness (QED) is 0.411. The molecule has 1 saturated heterocycles. The van der Waals surface area contributed by atoms with Crippen molar-refractivity contribution in [1.29, 1.82) is 0 Å². The number of likely N-dealkylation sites (tertiary alicyclic amines) is 1. The number of benzene rings is 1. The summed E-state index contributed by atoms with van der Waals surface area (Å²) in [6, 6.07) is 7.93. The van der Waals surface area contributed by atoms with Gasteiger partial charge >= 0.3 is 0 Å². The number of rotatable bonds is 7. The summed E-state index contributed by atoms with van der Waals surface area (Å²) in [5.41, 5.74) is 3.48. The van der Waals surface area contributed by atoms with Gasteiger partial charge in [-0.25, -0.2) is 4.99 Å². The van der Waals surface area contributed by atoms with Gasteiger partial charge in [-0.05, 0) is 76.0 Å². The van der Waals surface area contributed by atoms with Crippen LogP contribution in [0.3, 0.4) is 0 Å². The molecule has 0 bridgehead atoms. The maximum atomic E-state index is 12.6. The van der Waals surface area contributed by atoms with Gasteiger partial charge in [0.2, 0.25) is 0 Å². The number of hydrogen-bond acceptors (Lipinski definition) is 2. The Morgan fingerprint density at radius 3 is 2.52 bits per heavy atom. The standard InChI is InChI=1S/C24H36N4O/c1-2-25-24(26-16-15-20-9-5-3-6-10-20)27-19-21-11-13-22(14-12-21)23(29)28-17-7-4-8-18-28/h9,11-14H,2-8,10,15-19H2,1H3,(H2,25,26,27). The van der Waals surface area contributed by atoms with Crippen LogP contribution >= 0.6 is 0 Å². The number of nitrogens with zero attached hydrogens (tertiary/aromatic N) is 2. The van der Waals surface area contributed by atoms with Gasteiger partial charge in [0, 0.05) is 31.7 Å². The predicted octanol–water partition coefficient (Wildman–Crippen LogP) is 4.26. The molecule has 1 amide bonds. The van der Waals surface area contributed by atoms with Crippen LogP contribution < -0.4 is 10.6 Å². The fraction of sp³-hybridized carbons (Fsp3) is 0.583. The van der Waals surface area contributed by atoms with E-state index in [1.807, 2.05) is 29.2 Å². The molecule has 1 aromatic rings. The highest BCUT2D eigenvalue weighted by molar-refractivity contribution is 5.94. The van der Waals surface area contributed by atoms with Crippen LogP contribution in [0.25, 0.3) is 0 Å². The highest BCUT2D eigenvalue weighted by Gasteiger charge is 2.17. The molecule has 2 N–H and O–H groups in total. The van der Waals surface area contributed by atoms with E-state index in [0.717, 1.165) is 62.5 Å². The highest BCUT2D eigenvalue weighted by Crippen LogP contribution is 2.19. The summed E-state index contributed by atoms with van der Waals surface area (Å²) in [7, 11) is 0. The van der Waals surface area contributed by atoms with Crippen LogP contribution in [-0.2, 0) is 6.54 Å². The van der Waals surface area contributed by atoms with Gasteiger partial charge in [-0.1, -0.05) is 23.8 Å². The van der Waals surface area contributed by atoms with Crippen LogP contribution in [0.5, 0.6) is 0 Å². The van der Waals surface area contributed by atoms with Crippen molar-refractivity contribution in [2.45, 2.75) is 64.8 Å². The average molecular weight is 397 g/mol. The summed E-state index contributed by atoms with van der Waals surface area (Å²) < 4.78 is 0. The summed E-state index contributed by atoms with van der Waals surface area (Å²) in [5.74, 6) is 1.02. The number of carbonyl (C=O) groups excluding carboxylic acids is 1. The second kappa shape index (κ2) is 11.6. The number of amides is 1. The first-order valence-corrected chi connectivity index (χ1v) is 11.3. The first-order valence-electron chi connectivity index (χ1n) is 11.3. The normalized spacial score (nSPS) is 17.6. The first kappa shape index (κ1) is 21.4. The Bertz CT molecular complexity index is 702. The minimum absolute atomic E-state index is 0.159. The molecule has 29 heavy (non-hydrogen) atoms. The van der Waals surface area contributed by atoms with E-state index in [0.29, 0.717) is 6.54 Å². The second-order valence-corrected chi connectivity index (χ2v) is 8.03. The van der Waals surface area contributed by atoms with Crippen molar-refractivity contribution in [3.05, 3.63) is 47.0 Å². The van der Waals surface area contributed by atoms with E-state index in [9.17, 15) is 4.79 Å². The van der Waals surface area contributed by atoms with Crippen molar-refractivity contribution in [1.82, 2.24) is 15.5 Å². The average Bonchev–Trinajstić information content (AvgIpc) is 2.78. The van der Waals surface area contributed by atoms with E-state index in [1.165, 1.54) is 32.1 Å². The van der Waals surface area contributed by atoms with Crippen molar-refractivity contribution in [3.8, 4) is 0 Å². The Labute approximate surface area is 175 Å². The molecule has 3 rings (SSSR count). The summed E-state index contributed by atoms with van der Waals surface area (Å²) in [6.45, 7) is 6.23. The predicted molar refractivity (Wildman–Crippen MR) is 120 cm³/mol. The zero-order valence-corrected chi connectivity index (χ0v) is 17.9. The molecule has 1 aliphatic carbocycles. The van der Waals surface area contributed by atoms with Gasteiger partial charge in [-0.15, -0.1) is 0 Å². The molecule has 1 fully saturated rings. The largest absolute Gasteiger partial charge is 0.357 e. The zero-order chi connectivity index (χ0) is 20.3. The molecule has 0 saturated carbocycles. The highest BCUT2D eigenvalue weighted by atomic mass is 16.2. The molecule has 2 aliphatic rings. The molecule has 0 radical (unpaired) electrons. The van der Waals surface area contributed by atoms with E-state index in [1.54, 1.807) is 5.57 Å². The molecule has 5 heteroatoms. The topological polar surface area (TPSA) is 56.7 Å². The Hall–Kier alpha value is -2.30. The van der Waals surface area contributed by atoms with Crippen LogP contribution in [0.2, 0.25) is 0 Å². The van der Waals surface area contributed by atoms with Crippen molar-refractivity contribution >= 4 is 11.9 Å². The molecule has 0 atom stereocenters. The molecule has 158 valence electrons. The number of carbonyl (C=O) groups is 1. The third-order valence-electron chi connectivity index (χ3n) is 5.73. The maximum absolute atomic E-state index is 12.6. The van der Waals surface area contributed by atoms with Crippen LogP contribution in [0.4, 0.5) is 0 Å². The number of piperidine rings is 1. The fourth-order valence-electron chi connectivity index (χ4n) is 4.02. The van der Waals surface area contributed by atoms with Gasteiger partial charge in [0.1, 0.15) is 0 Å². The van der Waals surface area contributed by atoms with Crippen molar-refractivity contribution in [2.75, 3.05) is 26.2 Å². The molecular formula is C24H36N4O. The summed E-state index contributed by atoms with van der Waals surface area (Å²) in [6.07, 6.45) is 12.1. The number of nitrogens with one attached hydrogen (secondary N) is 2. The van der Waals surface area contributed by atoms with Crippen LogP contribution in [-0.4, -0.2) is 42.9 Å². The molecule has 0 unspecified atom stereocenters. The zero-order valence-electron chi connectivity index (χ0n) is 17.9. The monoisotopic (exact) mass is 396 g/mol. The van der Waals surface area contributed by atoms with E-state index in [-0.39, 0.29) is 5.91 Å². The third kappa shape index (κ3) is 6.91. The molecule has 0 aromatic heterocycles.